The van der Waals surface area contributed by atoms with Crippen molar-refractivity contribution in [3.8, 4) is 0 Å². The van der Waals surface area contributed by atoms with Gasteiger partial charge >= 0.3 is 6.09 Å². The zero-order chi connectivity index (χ0) is 25.1. The van der Waals surface area contributed by atoms with E-state index in [1.165, 1.54) is 0 Å². The zero-order valence-electron chi connectivity index (χ0n) is 21.1. The number of hydrogen-bond donors (Lipinski definition) is 1. The topological polar surface area (TPSA) is 76.1 Å². The SMILES string of the molecule is CC(C)(C)OC(=O)N1C(=O)C[C@H](CO)[C@H]1CO[Si](c1ccccc1)(c1ccccc1)C(C)(C)C. The summed E-state index contributed by atoms with van der Waals surface area (Å²) in [5, 5.41) is 12.0. The lowest BCUT2D eigenvalue weighted by atomic mass is 10.0. The zero-order valence-corrected chi connectivity index (χ0v) is 22.1. The van der Waals surface area contributed by atoms with E-state index in [0.717, 1.165) is 15.3 Å². The Hall–Kier alpha value is -2.48. The number of nitrogens with zero attached hydrogens (tertiary/aromatic N) is 1. The highest BCUT2D eigenvalue weighted by atomic mass is 28.4. The summed E-state index contributed by atoms with van der Waals surface area (Å²) in [7, 11) is -2.86. The standard InChI is InChI=1S/C27H37NO5Si/c1-26(2,3)33-25(31)28-23(20(18-29)17-24(28)30)19-32-34(27(4,5)6,21-13-9-7-10-14-21)22-15-11-8-12-16-22/h7-16,20,23,29H,17-19H2,1-6H3/t20-,23-/m1/s1. The first-order chi connectivity index (χ1) is 15.9. The molecular weight excluding hydrogens is 446 g/mol. The molecule has 1 aliphatic heterocycles. The summed E-state index contributed by atoms with van der Waals surface area (Å²) < 4.78 is 12.5. The van der Waals surface area contributed by atoms with Gasteiger partial charge in [0, 0.05) is 18.9 Å². The van der Waals surface area contributed by atoms with Gasteiger partial charge in [-0.1, -0.05) is 81.4 Å². The second-order valence-electron chi connectivity index (χ2n) is 10.9. The van der Waals surface area contributed by atoms with Gasteiger partial charge in [-0.2, -0.15) is 0 Å². The Morgan fingerprint density at radius 1 is 0.971 bits per heavy atom. The van der Waals surface area contributed by atoms with Crippen molar-refractivity contribution in [3.05, 3.63) is 60.7 Å². The smallest absolute Gasteiger partial charge is 0.417 e. The molecule has 0 unspecified atom stereocenters. The quantitative estimate of drug-likeness (QED) is 0.634. The van der Waals surface area contributed by atoms with Crippen molar-refractivity contribution in [2.24, 2.45) is 5.92 Å². The molecule has 1 N–H and O–H groups in total. The maximum atomic E-state index is 13.0. The number of amides is 2. The summed E-state index contributed by atoms with van der Waals surface area (Å²) in [6, 6.07) is 19.8. The molecule has 1 saturated heterocycles. The van der Waals surface area contributed by atoms with E-state index in [1.807, 2.05) is 36.4 Å². The highest BCUT2D eigenvalue weighted by molar-refractivity contribution is 6.99. The fraction of sp³-hybridized carbons (Fsp3) is 0.481. The average molecular weight is 484 g/mol. The molecule has 2 aromatic carbocycles. The predicted octanol–water partition coefficient (Wildman–Crippen LogP) is 3.71. The second kappa shape index (κ2) is 10.0. The molecule has 0 aliphatic carbocycles. The van der Waals surface area contributed by atoms with Gasteiger partial charge in [-0.05, 0) is 36.2 Å². The molecule has 34 heavy (non-hydrogen) atoms. The summed E-state index contributed by atoms with van der Waals surface area (Å²) in [6.45, 7) is 11.7. The summed E-state index contributed by atoms with van der Waals surface area (Å²) >= 11 is 0. The van der Waals surface area contributed by atoms with Crippen LogP contribution < -0.4 is 10.4 Å². The molecule has 0 bridgehead atoms. The molecule has 1 heterocycles. The van der Waals surface area contributed by atoms with Crippen LogP contribution in [0.4, 0.5) is 4.79 Å². The number of aliphatic hydroxyl groups is 1. The number of rotatable bonds is 6. The van der Waals surface area contributed by atoms with E-state index in [-0.39, 0.29) is 30.6 Å². The number of likely N-dealkylation sites (tertiary alicyclic amines) is 1. The lowest BCUT2D eigenvalue weighted by Crippen LogP contribution is -2.67. The highest BCUT2D eigenvalue weighted by Crippen LogP contribution is 2.38. The van der Waals surface area contributed by atoms with E-state index in [2.05, 4.69) is 45.0 Å². The monoisotopic (exact) mass is 483 g/mol. The van der Waals surface area contributed by atoms with Gasteiger partial charge in [0.2, 0.25) is 5.91 Å². The summed E-state index contributed by atoms with van der Waals surface area (Å²) in [5.74, 6) is -0.748. The van der Waals surface area contributed by atoms with Crippen molar-refractivity contribution >= 4 is 30.7 Å². The maximum absolute atomic E-state index is 13.0. The Bertz CT molecular complexity index is 942. The van der Waals surface area contributed by atoms with Crippen LogP contribution in [0.25, 0.3) is 0 Å². The lowest BCUT2D eigenvalue weighted by Gasteiger charge is -2.44. The fourth-order valence-electron chi connectivity index (χ4n) is 4.77. The minimum atomic E-state index is -2.86. The summed E-state index contributed by atoms with van der Waals surface area (Å²) in [5.41, 5.74) is -0.738. The van der Waals surface area contributed by atoms with Gasteiger partial charge in [-0.15, -0.1) is 0 Å². The molecule has 0 saturated carbocycles. The Morgan fingerprint density at radius 3 is 1.88 bits per heavy atom. The summed E-state index contributed by atoms with van der Waals surface area (Å²) in [6.07, 6.45) is -0.602. The minimum absolute atomic E-state index is 0.0878. The molecule has 0 aromatic heterocycles. The molecule has 2 atom stereocenters. The molecule has 1 fully saturated rings. The van der Waals surface area contributed by atoms with Crippen LogP contribution >= 0.6 is 0 Å². The van der Waals surface area contributed by atoms with Gasteiger partial charge in [-0.25, -0.2) is 9.69 Å². The molecule has 2 aromatic rings. The number of ether oxygens (including phenoxy) is 1. The molecule has 2 amide bonds. The van der Waals surface area contributed by atoms with Gasteiger partial charge in [-0.3, -0.25) is 4.79 Å². The second-order valence-corrected chi connectivity index (χ2v) is 15.2. The highest BCUT2D eigenvalue weighted by Gasteiger charge is 2.52. The normalized spacial score (nSPS) is 19.4. The van der Waals surface area contributed by atoms with Crippen LogP contribution in [0.5, 0.6) is 0 Å². The van der Waals surface area contributed by atoms with Gasteiger partial charge in [0.15, 0.2) is 0 Å². The molecule has 184 valence electrons. The third-order valence-electron chi connectivity index (χ3n) is 6.29. The van der Waals surface area contributed by atoms with Gasteiger partial charge < -0.3 is 14.3 Å². The molecule has 6 nitrogen and oxygen atoms in total. The number of hydrogen-bond acceptors (Lipinski definition) is 5. The molecule has 0 radical (unpaired) electrons. The van der Waals surface area contributed by atoms with Crippen LogP contribution in [0.15, 0.2) is 60.7 Å². The molecule has 3 rings (SSSR count). The fourth-order valence-corrected chi connectivity index (χ4v) is 9.35. The first-order valence-electron chi connectivity index (χ1n) is 11.8. The van der Waals surface area contributed by atoms with E-state index in [4.69, 9.17) is 9.16 Å². The van der Waals surface area contributed by atoms with Crippen LogP contribution in [0.1, 0.15) is 48.0 Å². The third-order valence-corrected chi connectivity index (χ3v) is 11.3. The Kier molecular flexibility index (Phi) is 7.70. The van der Waals surface area contributed by atoms with Crippen LogP contribution in [0.2, 0.25) is 5.04 Å². The Morgan fingerprint density at radius 2 is 1.47 bits per heavy atom. The number of aliphatic hydroxyl groups excluding tert-OH is 1. The van der Waals surface area contributed by atoms with E-state index in [1.54, 1.807) is 20.8 Å². The maximum Gasteiger partial charge on any atom is 0.417 e. The third kappa shape index (κ3) is 5.27. The van der Waals surface area contributed by atoms with E-state index in [9.17, 15) is 14.7 Å². The Labute approximate surface area is 204 Å². The van der Waals surface area contributed by atoms with E-state index in [0.29, 0.717) is 0 Å². The molecule has 0 spiro atoms. The van der Waals surface area contributed by atoms with Gasteiger partial charge in [0.25, 0.3) is 8.32 Å². The minimum Gasteiger partial charge on any atom is -0.443 e. The Balaban J connectivity index is 2.04. The number of benzene rings is 2. The van der Waals surface area contributed by atoms with Crippen LogP contribution in [0, 0.1) is 5.92 Å². The first kappa shape index (κ1) is 26.1. The van der Waals surface area contributed by atoms with Gasteiger partial charge in [0.1, 0.15) is 5.60 Å². The predicted molar refractivity (Wildman–Crippen MR) is 136 cm³/mol. The van der Waals surface area contributed by atoms with E-state index < -0.39 is 32.0 Å². The number of carbonyl (C=O) groups is 2. The van der Waals surface area contributed by atoms with Crippen molar-refractivity contribution in [2.45, 2.75) is 64.6 Å². The largest absolute Gasteiger partial charge is 0.443 e. The average Bonchev–Trinajstić information content (AvgIpc) is 3.09. The molecule has 1 aliphatic rings. The number of carbonyl (C=O) groups excluding carboxylic acids is 2. The van der Waals surface area contributed by atoms with Crippen molar-refractivity contribution in [3.63, 3.8) is 0 Å². The van der Waals surface area contributed by atoms with Crippen LogP contribution in [-0.4, -0.2) is 55.2 Å². The van der Waals surface area contributed by atoms with Crippen molar-refractivity contribution < 1.29 is 23.9 Å². The van der Waals surface area contributed by atoms with Crippen molar-refractivity contribution in [1.29, 1.82) is 0 Å². The first-order valence-corrected chi connectivity index (χ1v) is 13.7. The number of imide groups is 1. The van der Waals surface area contributed by atoms with Gasteiger partial charge in [0.05, 0.1) is 12.6 Å². The van der Waals surface area contributed by atoms with Crippen molar-refractivity contribution in [2.75, 3.05) is 13.2 Å². The van der Waals surface area contributed by atoms with E-state index >= 15 is 0 Å². The molecular formula is C27H37NO5Si. The summed E-state index contributed by atoms with van der Waals surface area (Å²) in [4.78, 5) is 26.9. The van der Waals surface area contributed by atoms with Crippen LogP contribution in [0.3, 0.4) is 0 Å². The van der Waals surface area contributed by atoms with Crippen LogP contribution in [-0.2, 0) is 14.0 Å². The lowest BCUT2D eigenvalue weighted by molar-refractivity contribution is -0.128. The van der Waals surface area contributed by atoms with Crippen molar-refractivity contribution in [1.82, 2.24) is 4.90 Å². The molecule has 7 heteroatoms.